The second-order valence-electron chi connectivity index (χ2n) is 4.38. The maximum absolute atomic E-state index is 6.12. The van der Waals surface area contributed by atoms with Crippen LogP contribution in [0.3, 0.4) is 0 Å². The Labute approximate surface area is 104 Å². The molecule has 1 N–H and O–H groups in total. The lowest BCUT2D eigenvalue weighted by Crippen LogP contribution is -2.55. The van der Waals surface area contributed by atoms with E-state index in [9.17, 15) is 0 Å². The zero-order chi connectivity index (χ0) is 10.8. The minimum atomic E-state index is -0.00472. The number of hydrogen-bond acceptors (Lipinski definition) is 5. The smallest absolute Gasteiger partial charge is 0.0982 e. The van der Waals surface area contributed by atoms with Crippen LogP contribution >= 0.6 is 23.3 Å². The summed E-state index contributed by atoms with van der Waals surface area (Å²) in [5.41, 5.74) is 1.15. The first kappa shape index (κ1) is 11.0. The van der Waals surface area contributed by atoms with Crippen LogP contribution in [0.5, 0.6) is 0 Å². The second kappa shape index (κ2) is 4.64. The van der Waals surface area contributed by atoms with Crippen molar-refractivity contribution in [3.05, 3.63) is 17.1 Å². The number of hydrogen-bond donors (Lipinski definition) is 1. The Bertz CT molecular complexity index is 327. The van der Waals surface area contributed by atoms with Crippen molar-refractivity contribution >= 4 is 23.3 Å². The van der Waals surface area contributed by atoms with Crippen LogP contribution in [0, 0.1) is 0 Å². The van der Waals surface area contributed by atoms with Gasteiger partial charge < -0.3 is 10.1 Å². The van der Waals surface area contributed by atoms with Gasteiger partial charge in [0.25, 0.3) is 0 Å². The van der Waals surface area contributed by atoms with E-state index in [1.807, 2.05) is 11.8 Å². The Hall–Kier alpha value is -0.100. The summed E-state index contributed by atoms with van der Waals surface area (Å²) in [5.74, 6) is 2.37. The lowest BCUT2D eigenvalue weighted by molar-refractivity contribution is -0.0895. The predicted octanol–water partition coefficient (Wildman–Crippen LogP) is 2.07. The molecule has 0 bridgehead atoms. The fourth-order valence-corrected chi connectivity index (χ4v) is 4.39. The number of nitrogens with zero attached hydrogens (tertiary/aromatic N) is 1. The van der Waals surface area contributed by atoms with Gasteiger partial charge in [0.1, 0.15) is 0 Å². The van der Waals surface area contributed by atoms with Crippen LogP contribution in [-0.2, 0) is 4.74 Å². The summed E-state index contributed by atoms with van der Waals surface area (Å²) in [5, 5.41) is 5.64. The summed E-state index contributed by atoms with van der Waals surface area (Å²) in [6.07, 6.45) is 2.42. The first-order valence-corrected chi connectivity index (χ1v) is 7.75. The number of aromatic nitrogens is 1. The highest BCUT2D eigenvalue weighted by molar-refractivity contribution is 7.99. The Balaban J connectivity index is 1.88. The molecule has 2 fully saturated rings. The zero-order valence-corrected chi connectivity index (χ0v) is 10.8. The Morgan fingerprint density at radius 3 is 3.31 bits per heavy atom. The summed E-state index contributed by atoms with van der Waals surface area (Å²) in [7, 11) is 0. The normalized spacial score (nSPS) is 35.4. The lowest BCUT2D eigenvalue weighted by atomic mass is 9.87. The topological polar surface area (TPSA) is 34.1 Å². The molecular weight excluding hydrogens is 240 g/mol. The summed E-state index contributed by atoms with van der Waals surface area (Å²) in [6.45, 7) is 1.77. The number of rotatable bonds is 1. The average molecular weight is 256 g/mol. The van der Waals surface area contributed by atoms with Crippen molar-refractivity contribution in [2.24, 2.45) is 0 Å². The summed E-state index contributed by atoms with van der Waals surface area (Å²) in [6, 6.07) is 2.41. The molecule has 5 heteroatoms. The molecule has 88 valence electrons. The van der Waals surface area contributed by atoms with Gasteiger partial charge in [0.2, 0.25) is 0 Å². The highest BCUT2D eigenvalue weighted by atomic mass is 32.2. The van der Waals surface area contributed by atoms with Crippen molar-refractivity contribution in [1.82, 2.24) is 9.69 Å². The van der Waals surface area contributed by atoms with E-state index in [1.165, 1.54) is 23.7 Å². The van der Waals surface area contributed by atoms with E-state index >= 15 is 0 Å². The van der Waals surface area contributed by atoms with Gasteiger partial charge in [-0.15, -0.1) is 0 Å². The molecule has 2 atom stereocenters. The molecule has 2 aliphatic heterocycles. The van der Waals surface area contributed by atoms with Crippen molar-refractivity contribution in [1.29, 1.82) is 0 Å². The minimum absolute atomic E-state index is 0.00472. The third-order valence-electron chi connectivity index (χ3n) is 3.35. The van der Waals surface area contributed by atoms with E-state index in [0.29, 0.717) is 6.04 Å². The van der Waals surface area contributed by atoms with Crippen LogP contribution in [0.1, 0.15) is 24.6 Å². The molecule has 3 nitrogen and oxygen atoms in total. The van der Waals surface area contributed by atoms with Crippen LogP contribution in [0.25, 0.3) is 0 Å². The van der Waals surface area contributed by atoms with Crippen molar-refractivity contribution in [2.75, 3.05) is 24.7 Å². The van der Waals surface area contributed by atoms with Gasteiger partial charge in [-0.25, -0.2) is 0 Å². The lowest BCUT2D eigenvalue weighted by Gasteiger charge is -2.45. The van der Waals surface area contributed by atoms with Gasteiger partial charge in [0, 0.05) is 17.7 Å². The zero-order valence-electron chi connectivity index (χ0n) is 9.15. The molecule has 1 aromatic heterocycles. The quantitative estimate of drug-likeness (QED) is 0.834. The van der Waals surface area contributed by atoms with Crippen molar-refractivity contribution < 1.29 is 4.74 Å². The highest BCUT2D eigenvalue weighted by Crippen LogP contribution is 2.41. The molecule has 2 saturated heterocycles. The summed E-state index contributed by atoms with van der Waals surface area (Å²) < 4.78 is 10.6. The molecule has 16 heavy (non-hydrogen) atoms. The Kier molecular flexibility index (Phi) is 3.20. The van der Waals surface area contributed by atoms with Gasteiger partial charge in [-0.05, 0) is 36.2 Å². The van der Waals surface area contributed by atoms with Gasteiger partial charge >= 0.3 is 0 Å². The molecule has 0 aliphatic carbocycles. The molecule has 1 aromatic rings. The molecule has 0 radical (unpaired) electrons. The largest absolute Gasteiger partial charge is 0.371 e. The average Bonchev–Trinajstić information content (AvgIpc) is 2.84. The van der Waals surface area contributed by atoms with Gasteiger partial charge in [0.15, 0.2) is 0 Å². The summed E-state index contributed by atoms with van der Waals surface area (Å²) >= 11 is 3.54. The van der Waals surface area contributed by atoms with E-state index in [1.54, 1.807) is 0 Å². The molecule has 3 heterocycles. The Morgan fingerprint density at radius 2 is 2.56 bits per heavy atom. The predicted molar refractivity (Wildman–Crippen MR) is 68.1 cm³/mol. The van der Waals surface area contributed by atoms with E-state index in [4.69, 9.17) is 4.74 Å². The fourth-order valence-electron chi connectivity index (χ4n) is 2.60. The monoisotopic (exact) mass is 256 g/mol. The molecule has 3 rings (SSSR count). The number of nitrogens with one attached hydrogen (secondary N) is 1. The Morgan fingerprint density at radius 1 is 1.56 bits per heavy atom. The van der Waals surface area contributed by atoms with Crippen LogP contribution in [-0.4, -0.2) is 34.6 Å². The van der Waals surface area contributed by atoms with Gasteiger partial charge in [-0.2, -0.15) is 16.1 Å². The van der Waals surface area contributed by atoms with Gasteiger partial charge in [-0.1, -0.05) is 0 Å². The second-order valence-corrected chi connectivity index (χ2v) is 6.15. The maximum atomic E-state index is 6.12. The first-order valence-electron chi connectivity index (χ1n) is 5.76. The molecular formula is C11H16N2OS2. The molecule has 0 amide bonds. The number of ether oxygens (including phenoxy) is 1. The van der Waals surface area contributed by atoms with Crippen LogP contribution in [0.15, 0.2) is 11.4 Å². The molecule has 2 unspecified atom stereocenters. The van der Waals surface area contributed by atoms with Crippen molar-refractivity contribution in [3.63, 3.8) is 0 Å². The molecule has 0 aromatic carbocycles. The van der Waals surface area contributed by atoms with Crippen LogP contribution in [0.4, 0.5) is 0 Å². The van der Waals surface area contributed by atoms with Crippen molar-refractivity contribution in [2.45, 2.75) is 24.5 Å². The summed E-state index contributed by atoms with van der Waals surface area (Å²) in [4.78, 5) is 0. The molecule has 2 aliphatic rings. The molecule has 1 spiro atoms. The van der Waals surface area contributed by atoms with E-state index in [2.05, 4.69) is 21.1 Å². The van der Waals surface area contributed by atoms with Crippen LogP contribution in [0.2, 0.25) is 0 Å². The number of morpholine rings is 1. The SMILES string of the molecule is c1cc(C2NCCOC23CCCSC3)ns1. The van der Waals surface area contributed by atoms with Crippen LogP contribution < -0.4 is 5.32 Å². The first-order chi connectivity index (χ1) is 7.91. The third kappa shape index (κ3) is 1.90. The minimum Gasteiger partial charge on any atom is -0.371 e. The van der Waals surface area contributed by atoms with E-state index in [-0.39, 0.29) is 5.60 Å². The highest BCUT2D eigenvalue weighted by Gasteiger charge is 2.44. The van der Waals surface area contributed by atoms with E-state index in [0.717, 1.165) is 31.0 Å². The molecule has 0 saturated carbocycles. The standard InChI is InChI=1S/C11H16N2OS2/c1-3-11(8-15-6-1)10(12-4-5-14-11)9-2-7-16-13-9/h2,7,10,12H,1,3-6,8H2. The van der Waals surface area contributed by atoms with Gasteiger partial charge in [-0.3, -0.25) is 0 Å². The fraction of sp³-hybridized carbons (Fsp3) is 0.727. The third-order valence-corrected chi connectivity index (χ3v) is 5.20. The van der Waals surface area contributed by atoms with Crippen molar-refractivity contribution in [3.8, 4) is 0 Å². The van der Waals surface area contributed by atoms with Gasteiger partial charge in [0.05, 0.1) is 23.9 Å². The van der Waals surface area contributed by atoms with E-state index < -0.39 is 0 Å². The maximum Gasteiger partial charge on any atom is 0.0982 e. The number of thioether (sulfide) groups is 1.